The van der Waals surface area contributed by atoms with Gasteiger partial charge in [-0.25, -0.2) is 0 Å². The van der Waals surface area contributed by atoms with Crippen molar-refractivity contribution in [2.45, 2.75) is 50.2 Å². The summed E-state index contributed by atoms with van der Waals surface area (Å²) in [5.74, 6) is -1.31. The standard InChI is InChI=1S/C12H26N6O3/c13-7(3-1-4-9(15)11(20)21)10(19)8(14)5-2-6-18-12(16)17/h7-9H,1-6,13-15H2,(H,20,21)(H4,16,17,18). The molecular formula is C12H26N6O3. The molecule has 11 N–H and O–H groups in total. The summed E-state index contributed by atoms with van der Waals surface area (Å²) >= 11 is 0. The number of rotatable bonds is 11. The topological polar surface area (TPSA) is 197 Å². The van der Waals surface area contributed by atoms with Crippen LogP contribution in [-0.4, -0.2) is 47.5 Å². The summed E-state index contributed by atoms with van der Waals surface area (Å²) in [6, 6.07) is -2.30. The van der Waals surface area contributed by atoms with Crippen molar-refractivity contribution in [2.24, 2.45) is 33.7 Å². The zero-order valence-electron chi connectivity index (χ0n) is 12.1. The highest BCUT2D eigenvalue weighted by Crippen LogP contribution is 2.06. The van der Waals surface area contributed by atoms with Gasteiger partial charge in [0.1, 0.15) is 6.04 Å². The monoisotopic (exact) mass is 302 g/mol. The number of hydrogen-bond acceptors (Lipinski definition) is 6. The number of carbonyl (C=O) groups is 2. The molecule has 3 unspecified atom stereocenters. The Morgan fingerprint density at radius 2 is 1.38 bits per heavy atom. The minimum atomic E-state index is -1.06. The van der Waals surface area contributed by atoms with Crippen molar-refractivity contribution in [3.63, 3.8) is 0 Å². The van der Waals surface area contributed by atoms with Gasteiger partial charge in [0.15, 0.2) is 11.7 Å². The number of aliphatic carboxylic acids is 1. The normalized spacial score (nSPS) is 15.0. The van der Waals surface area contributed by atoms with Crippen LogP contribution in [-0.2, 0) is 9.59 Å². The Morgan fingerprint density at radius 3 is 1.86 bits per heavy atom. The molecule has 0 aliphatic rings. The van der Waals surface area contributed by atoms with Crippen LogP contribution in [0, 0.1) is 0 Å². The van der Waals surface area contributed by atoms with Gasteiger partial charge in [-0.2, -0.15) is 0 Å². The first-order valence-corrected chi connectivity index (χ1v) is 6.84. The van der Waals surface area contributed by atoms with E-state index in [1.165, 1.54) is 0 Å². The second kappa shape index (κ2) is 10.1. The van der Waals surface area contributed by atoms with E-state index >= 15 is 0 Å². The van der Waals surface area contributed by atoms with Gasteiger partial charge in [0.2, 0.25) is 0 Å². The Labute approximate surface area is 123 Å². The lowest BCUT2D eigenvalue weighted by Crippen LogP contribution is -2.43. The summed E-state index contributed by atoms with van der Waals surface area (Å²) in [5, 5.41) is 8.63. The summed E-state index contributed by atoms with van der Waals surface area (Å²) < 4.78 is 0. The third kappa shape index (κ3) is 8.95. The van der Waals surface area contributed by atoms with Gasteiger partial charge in [-0.1, -0.05) is 0 Å². The van der Waals surface area contributed by atoms with Crippen molar-refractivity contribution in [1.82, 2.24) is 0 Å². The number of carboxylic acids is 1. The molecule has 0 saturated carbocycles. The van der Waals surface area contributed by atoms with Crippen molar-refractivity contribution in [3.05, 3.63) is 0 Å². The molecule has 0 spiro atoms. The third-order valence-electron chi connectivity index (χ3n) is 3.05. The number of ketones is 1. The van der Waals surface area contributed by atoms with Crippen LogP contribution in [0.2, 0.25) is 0 Å². The minimum Gasteiger partial charge on any atom is -0.480 e. The molecule has 21 heavy (non-hydrogen) atoms. The molecule has 0 aliphatic heterocycles. The second-order valence-corrected chi connectivity index (χ2v) is 4.94. The van der Waals surface area contributed by atoms with Gasteiger partial charge in [-0.3, -0.25) is 14.6 Å². The van der Waals surface area contributed by atoms with Crippen LogP contribution in [0.3, 0.4) is 0 Å². The number of nitrogens with two attached hydrogens (primary N) is 5. The molecule has 122 valence electrons. The molecule has 0 aliphatic carbocycles. The zero-order chi connectivity index (χ0) is 16.4. The number of aliphatic imine (C=N–C) groups is 1. The predicted octanol–water partition coefficient (Wildman–Crippen LogP) is -2.15. The number of nitrogens with zero attached hydrogens (tertiary/aromatic N) is 1. The van der Waals surface area contributed by atoms with Gasteiger partial charge in [0, 0.05) is 6.54 Å². The highest BCUT2D eigenvalue weighted by molar-refractivity contribution is 5.88. The first-order valence-electron chi connectivity index (χ1n) is 6.84. The summed E-state index contributed by atoms with van der Waals surface area (Å²) in [6.45, 7) is 0.409. The number of carboxylic acid groups (broad SMARTS) is 1. The van der Waals surface area contributed by atoms with Gasteiger partial charge in [0.05, 0.1) is 12.1 Å². The highest BCUT2D eigenvalue weighted by atomic mass is 16.4. The van der Waals surface area contributed by atoms with E-state index in [2.05, 4.69) is 4.99 Å². The SMILES string of the molecule is NC(N)=NCCCC(N)C(=O)C(N)CCCC(N)C(=O)O. The quantitative estimate of drug-likeness (QED) is 0.141. The summed E-state index contributed by atoms with van der Waals surface area (Å²) in [6.07, 6.45) is 2.12. The fourth-order valence-corrected chi connectivity index (χ4v) is 1.76. The third-order valence-corrected chi connectivity index (χ3v) is 3.05. The molecular weight excluding hydrogens is 276 g/mol. The number of guanidine groups is 1. The Bertz CT molecular complexity index is 370. The summed E-state index contributed by atoms with van der Waals surface area (Å²) in [5.41, 5.74) is 27.2. The molecule has 9 heteroatoms. The van der Waals surface area contributed by atoms with E-state index in [1.54, 1.807) is 0 Å². The average Bonchev–Trinajstić information content (AvgIpc) is 2.41. The van der Waals surface area contributed by atoms with Crippen LogP contribution in [0.5, 0.6) is 0 Å². The maximum Gasteiger partial charge on any atom is 0.320 e. The lowest BCUT2D eigenvalue weighted by Gasteiger charge is -2.16. The van der Waals surface area contributed by atoms with E-state index in [1.807, 2.05) is 0 Å². The van der Waals surface area contributed by atoms with Crippen molar-refractivity contribution >= 4 is 17.7 Å². The first kappa shape index (κ1) is 19.3. The minimum absolute atomic E-state index is 0.00127. The fourth-order valence-electron chi connectivity index (χ4n) is 1.76. The van der Waals surface area contributed by atoms with E-state index in [9.17, 15) is 9.59 Å². The largest absolute Gasteiger partial charge is 0.480 e. The Balaban J connectivity index is 3.96. The molecule has 0 heterocycles. The number of hydrogen-bond donors (Lipinski definition) is 6. The predicted molar refractivity (Wildman–Crippen MR) is 80.3 cm³/mol. The molecule has 0 radical (unpaired) electrons. The molecule has 0 rings (SSSR count). The molecule has 0 bridgehead atoms. The molecule has 0 saturated heterocycles. The van der Waals surface area contributed by atoms with Crippen LogP contribution in [0.15, 0.2) is 4.99 Å². The zero-order valence-corrected chi connectivity index (χ0v) is 12.1. The molecule has 9 nitrogen and oxygen atoms in total. The van der Waals surface area contributed by atoms with Gasteiger partial charge < -0.3 is 33.8 Å². The van der Waals surface area contributed by atoms with Crippen molar-refractivity contribution in [3.8, 4) is 0 Å². The van der Waals surface area contributed by atoms with E-state index < -0.39 is 24.1 Å². The van der Waals surface area contributed by atoms with Gasteiger partial charge in [0.25, 0.3) is 0 Å². The van der Waals surface area contributed by atoms with E-state index in [0.29, 0.717) is 32.2 Å². The molecule has 0 aromatic heterocycles. The molecule has 0 fully saturated rings. The molecule has 3 atom stereocenters. The highest BCUT2D eigenvalue weighted by Gasteiger charge is 2.21. The number of carbonyl (C=O) groups excluding carboxylic acids is 1. The van der Waals surface area contributed by atoms with Crippen LogP contribution < -0.4 is 28.7 Å². The Kier molecular flexibility index (Phi) is 9.26. The Morgan fingerprint density at radius 1 is 0.905 bits per heavy atom. The van der Waals surface area contributed by atoms with Crippen molar-refractivity contribution in [2.75, 3.05) is 6.54 Å². The van der Waals surface area contributed by atoms with Gasteiger partial charge in [-0.05, 0) is 32.1 Å². The molecule has 0 aromatic rings. The number of Topliss-reactive ketones (excluding diaryl/α,β-unsaturated/α-hetero) is 1. The lowest BCUT2D eigenvalue weighted by atomic mass is 9.97. The molecule has 0 aromatic carbocycles. The average molecular weight is 302 g/mol. The van der Waals surface area contributed by atoms with Crippen molar-refractivity contribution < 1.29 is 14.7 Å². The fraction of sp³-hybridized carbons (Fsp3) is 0.750. The Hall–Kier alpha value is -1.71. The summed E-state index contributed by atoms with van der Waals surface area (Å²) in [7, 11) is 0. The maximum absolute atomic E-state index is 11.9. The summed E-state index contributed by atoms with van der Waals surface area (Å²) in [4.78, 5) is 26.2. The van der Waals surface area contributed by atoms with Crippen molar-refractivity contribution in [1.29, 1.82) is 0 Å². The molecule has 0 amide bonds. The van der Waals surface area contributed by atoms with Crippen LogP contribution >= 0.6 is 0 Å². The van der Waals surface area contributed by atoms with Crippen LogP contribution in [0.4, 0.5) is 0 Å². The second-order valence-electron chi connectivity index (χ2n) is 4.94. The smallest absolute Gasteiger partial charge is 0.320 e. The van der Waals surface area contributed by atoms with Crippen LogP contribution in [0.1, 0.15) is 32.1 Å². The van der Waals surface area contributed by atoms with E-state index in [0.717, 1.165) is 0 Å². The van der Waals surface area contributed by atoms with E-state index in [-0.39, 0.29) is 18.2 Å². The van der Waals surface area contributed by atoms with Gasteiger partial charge >= 0.3 is 5.97 Å². The maximum atomic E-state index is 11.9. The van der Waals surface area contributed by atoms with E-state index in [4.69, 9.17) is 33.8 Å². The first-order chi connectivity index (χ1) is 9.75. The lowest BCUT2D eigenvalue weighted by molar-refractivity contribution is -0.138. The van der Waals surface area contributed by atoms with Gasteiger partial charge in [-0.15, -0.1) is 0 Å². The van der Waals surface area contributed by atoms with Crippen LogP contribution in [0.25, 0.3) is 0 Å².